The lowest BCUT2D eigenvalue weighted by Gasteiger charge is -2.06. The molecule has 2 heterocycles. The predicted molar refractivity (Wildman–Crippen MR) is 116 cm³/mol. The molecule has 0 bridgehead atoms. The number of hydrogen-bond acceptors (Lipinski definition) is 6. The Balaban J connectivity index is 1.30. The zero-order valence-electron chi connectivity index (χ0n) is 16.7. The Kier molecular flexibility index (Phi) is 5.79. The van der Waals surface area contributed by atoms with Gasteiger partial charge in [0.15, 0.2) is 12.3 Å². The molecule has 0 saturated heterocycles. The molecule has 2 aromatic heterocycles. The average molecular weight is 413 g/mol. The molecule has 8 nitrogen and oxygen atoms in total. The number of aromatic nitrogens is 2. The van der Waals surface area contributed by atoms with Crippen molar-refractivity contribution in [1.82, 2.24) is 9.38 Å². The third-order valence-electron chi connectivity index (χ3n) is 4.43. The minimum atomic E-state index is -0.657. The number of nitrogens with one attached hydrogen (secondary N) is 1. The second kappa shape index (κ2) is 9.00. The Labute approximate surface area is 178 Å². The maximum Gasteiger partial charge on any atom is 0.359 e. The van der Waals surface area contributed by atoms with E-state index in [1.54, 1.807) is 40.9 Å². The van der Waals surface area contributed by atoms with E-state index < -0.39 is 18.5 Å². The first-order valence-corrected chi connectivity index (χ1v) is 9.57. The molecule has 0 aliphatic carbocycles. The lowest BCUT2D eigenvalue weighted by atomic mass is 10.3. The topological polar surface area (TPSA) is 97.4 Å². The van der Waals surface area contributed by atoms with Crippen LogP contribution in [0, 0.1) is 6.92 Å². The molecule has 0 radical (unpaired) electrons. The molecule has 8 heteroatoms. The zero-order valence-corrected chi connectivity index (χ0v) is 16.7. The number of esters is 1. The summed E-state index contributed by atoms with van der Waals surface area (Å²) in [4.78, 5) is 28.6. The van der Waals surface area contributed by atoms with Gasteiger partial charge >= 0.3 is 5.97 Å². The van der Waals surface area contributed by atoms with Crippen molar-refractivity contribution in [2.24, 2.45) is 10.2 Å². The molecule has 1 N–H and O–H groups in total. The van der Waals surface area contributed by atoms with Crippen molar-refractivity contribution < 1.29 is 14.3 Å². The summed E-state index contributed by atoms with van der Waals surface area (Å²) in [5, 5.41) is 11.0. The Hall–Kier alpha value is -4.33. The molecule has 0 aliphatic heterocycles. The quantitative estimate of drug-likeness (QED) is 0.361. The highest BCUT2D eigenvalue weighted by Gasteiger charge is 2.15. The molecule has 0 atom stereocenters. The van der Waals surface area contributed by atoms with Crippen LogP contribution in [0.1, 0.15) is 16.2 Å². The SMILES string of the molecule is Cc1cccc2nc(C(=O)OCC(=O)Nc3ccc(N=Nc4ccccc4)cc3)cn12. The maximum absolute atomic E-state index is 12.2. The van der Waals surface area contributed by atoms with E-state index in [1.807, 2.05) is 49.4 Å². The number of aryl methyl sites for hydroxylation is 1. The summed E-state index contributed by atoms with van der Waals surface area (Å²) in [6.45, 7) is 1.49. The summed E-state index contributed by atoms with van der Waals surface area (Å²) in [7, 11) is 0. The number of hydrogen-bond donors (Lipinski definition) is 1. The first-order valence-electron chi connectivity index (χ1n) is 9.57. The number of imidazole rings is 1. The van der Waals surface area contributed by atoms with Crippen LogP contribution in [0.5, 0.6) is 0 Å². The fourth-order valence-corrected chi connectivity index (χ4v) is 2.87. The number of carbonyl (C=O) groups is 2. The van der Waals surface area contributed by atoms with E-state index in [2.05, 4.69) is 20.5 Å². The summed E-state index contributed by atoms with van der Waals surface area (Å²) in [6, 6.07) is 21.8. The number of nitrogens with zero attached hydrogens (tertiary/aromatic N) is 4. The molecule has 0 unspecified atom stereocenters. The highest BCUT2D eigenvalue weighted by atomic mass is 16.5. The van der Waals surface area contributed by atoms with Gasteiger partial charge in [0, 0.05) is 17.6 Å². The highest BCUT2D eigenvalue weighted by Crippen LogP contribution is 2.20. The Morgan fingerprint density at radius 1 is 0.935 bits per heavy atom. The van der Waals surface area contributed by atoms with Crippen LogP contribution in [0.3, 0.4) is 0 Å². The van der Waals surface area contributed by atoms with Crippen LogP contribution in [-0.4, -0.2) is 27.9 Å². The van der Waals surface area contributed by atoms with Gasteiger partial charge in [0.2, 0.25) is 0 Å². The molecular formula is C23H19N5O3. The van der Waals surface area contributed by atoms with Crippen molar-refractivity contribution in [2.45, 2.75) is 6.92 Å². The van der Waals surface area contributed by atoms with Crippen molar-refractivity contribution >= 4 is 34.6 Å². The van der Waals surface area contributed by atoms with E-state index in [-0.39, 0.29) is 5.69 Å². The van der Waals surface area contributed by atoms with Gasteiger partial charge in [-0.25, -0.2) is 9.78 Å². The number of ether oxygens (including phenoxy) is 1. The standard InChI is InChI=1S/C23H19N5O3/c1-16-6-5-9-21-25-20(14-28(16)21)23(30)31-15-22(29)24-17-10-12-19(13-11-17)27-26-18-7-3-2-4-8-18/h2-14H,15H2,1H3,(H,24,29). The van der Waals surface area contributed by atoms with Gasteiger partial charge < -0.3 is 14.5 Å². The zero-order chi connectivity index (χ0) is 21.6. The number of carbonyl (C=O) groups excluding carboxylic acids is 2. The van der Waals surface area contributed by atoms with E-state index in [1.165, 1.54) is 0 Å². The molecular weight excluding hydrogens is 394 g/mol. The lowest BCUT2D eigenvalue weighted by Crippen LogP contribution is -2.21. The van der Waals surface area contributed by atoms with Gasteiger partial charge in [0.25, 0.3) is 5.91 Å². The number of pyridine rings is 1. The number of fused-ring (bicyclic) bond motifs is 1. The largest absolute Gasteiger partial charge is 0.451 e. The smallest absolute Gasteiger partial charge is 0.359 e. The van der Waals surface area contributed by atoms with Crippen molar-refractivity contribution in [3.8, 4) is 0 Å². The van der Waals surface area contributed by atoms with Crippen LogP contribution < -0.4 is 5.32 Å². The maximum atomic E-state index is 12.2. The molecule has 0 fully saturated rings. The summed E-state index contributed by atoms with van der Waals surface area (Å²) in [5.74, 6) is -1.11. The summed E-state index contributed by atoms with van der Waals surface area (Å²) in [6.07, 6.45) is 1.59. The molecule has 0 aliphatic rings. The fraction of sp³-hybridized carbons (Fsp3) is 0.0870. The monoisotopic (exact) mass is 413 g/mol. The van der Waals surface area contributed by atoms with E-state index >= 15 is 0 Å². The number of anilines is 1. The van der Waals surface area contributed by atoms with Crippen LogP contribution in [0.4, 0.5) is 17.1 Å². The first-order chi connectivity index (χ1) is 15.1. The highest BCUT2D eigenvalue weighted by molar-refractivity contribution is 5.95. The summed E-state index contributed by atoms with van der Waals surface area (Å²) < 4.78 is 6.87. The van der Waals surface area contributed by atoms with Crippen molar-refractivity contribution in [1.29, 1.82) is 0 Å². The second-order valence-corrected chi connectivity index (χ2v) is 6.73. The molecule has 4 rings (SSSR count). The second-order valence-electron chi connectivity index (χ2n) is 6.73. The lowest BCUT2D eigenvalue weighted by molar-refractivity contribution is -0.119. The number of rotatable bonds is 6. The van der Waals surface area contributed by atoms with Crippen molar-refractivity contribution in [3.63, 3.8) is 0 Å². The van der Waals surface area contributed by atoms with Gasteiger partial charge in [-0.15, -0.1) is 0 Å². The van der Waals surface area contributed by atoms with E-state index in [0.717, 1.165) is 11.4 Å². The predicted octanol–water partition coefficient (Wildman–Crippen LogP) is 4.85. The van der Waals surface area contributed by atoms with Gasteiger partial charge in [-0.1, -0.05) is 24.3 Å². The third-order valence-corrected chi connectivity index (χ3v) is 4.43. The van der Waals surface area contributed by atoms with Crippen LogP contribution in [0.2, 0.25) is 0 Å². The molecule has 0 spiro atoms. The van der Waals surface area contributed by atoms with Crippen LogP contribution in [0.15, 0.2) is 89.2 Å². The fourth-order valence-electron chi connectivity index (χ4n) is 2.87. The minimum absolute atomic E-state index is 0.148. The van der Waals surface area contributed by atoms with Gasteiger partial charge in [-0.3, -0.25) is 4.79 Å². The van der Waals surface area contributed by atoms with Crippen molar-refractivity contribution in [3.05, 3.63) is 90.4 Å². The summed E-state index contributed by atoms with van der Waals surface area (Å²) >= 11 is 0. The molecule has 0 saturated carbocycles. The van der Waals surface area contributed by atoms with E-state index in [4.69, 9.17) is 4.74 Å². The normalized spacial score (nSPS) is 11.0. The molecule has 31 heavy (non-hydrogen) atoms. The van der Waals surface area contributed by atoms with Crippen LogP contribution >= 0.6 is 0 Å². The van der Waals surface area contributed by atoms with Crippen LogP contribution in [0.25, 0.3) is 5.65 Å². The first kappa shape index (κ1) is 20.0. The molecule has 154 valence electrons. The van der Waals surface area contributed by atoms with Crippen LogP contribution in [-0.2, 0) is 9.53 Å². The number of amides is 1. The molecule has 4 aromatic rings. The minimum Gasteiger partial charge on any atom is -0.451 e. The Morgan fingerprint density at radius 2 is 1.65 bits per heavy atom. The Bertz CT molecular complexity index is 1250. The number of benzene rings is 2. The van der Waals surface area contributed by atoms with Crippen molar-refractivity contribution in [2.75, 3.05) is 11.9 Å². The van der Waals surface area contributed by atoms with E-state index in [0.29, 0.717) is 17.0 Å². The third kappa shape index (κ3) is 4.99. The molecule has 2 aromatic carbocycles. The Morgan fingerprint density at radius 3 is 2.35 bits per heavy atom. The van der Waals surface area contributed by atoms with Gasteiger partial charge in [-0.05, 0) is 55.5 Å². The summed E-state index contributed by atoms with van der Waals surface area (Å²) in [5.41, 5.74) is 3.69. The van der Waals surface area contributed by atoms with Gasteiger partial charge in [0.05, 0.1) is 11.4 Å². The van der Waals surface area contributed by atoms with E-state index in [9.17, 15) is 9.59 Å². The molecule has 1 amide bonds. The van der Waals surface area contributed by atoms with Gasteiger partial charge in [0.1, 0.15) is 5.65 Å². The average Bonchev–Trinajstić information content (AvgIpc) is 3.24. The van der Waals surface area contributed by atoms with Gasteiger partial charge in [-0.2, -0.15) is 10.2 Å². The number of azo groups is 1.